The minimum absolute atomic E-state index is 0.517. The summed E-state index contributed by atoms with van der Waals surface area (Å²) in [5, 5.41) is 9.16. The lowest BCUT2D eigenvalue weighted by atomic mass is 10.1. The van der Waals surface area contributed by atoms with Crippen LogP contribution in [0, 0.1) is 6.92 Å². The van der Waals surface area contributed by atoms with Crippen molar-refractivity contribution in [1.82, 2.24) is 0 Å². The SMILES string of the molecule is Cc1ccc(C(N)C(=O)O)cc1Cl. The molecule has 1 atom stereocenters. The van der Waals surface area contributed by atoms with E-state index in [1.807, 2.05) is 6.92 Å². The van der Waals surface area contributed by atoms with E-state index in [-0.39, 0.29) is 0 Å². The molecular formula is C9H10ClNO2. The van der Waals surface area contributed by atoms with Crippen molar-refractivity contribution in [1.29, 1.82) is 0 Å². The van der Waals surface area contributed by atoms with Crippen molar-refractivity contribution < 1.29 is 9.90 Å². The Hall–Kier alpha value is -1.06. The molecule has 4 heteroatoms. The monoisotopic (exact) mass is 199 g/mol. The molecule has 0 amide bonds. The molecule has 0 heterocycles. The number of aliphatic carboxylic acids is 1. The maximum atomic E-state index is 10.5. The molecule has 1 aromatic rings. The molecule has 13 heavy (non-hydrogen) atoms. The normalized spacial score (nSPS) is 12.5. The van der Waals surface area contributed by atoms with E-state index in [0.29, 0.717) is 10.6 Å². The third kappa shape index (κ3) is 2.20. The number of rotatable bonds is 2. The summed E-state index contributed by atoms with van der Waals surface area (Å²) in [5.74, 6) is -1.06. The first-order valence-corrected chi connectivity index (χ1v) is 4.14. The number of carboxylic acid groups (broad SMARTS) is 1. The Balaban J connectivity index is 3.03. The van der Waals surface area contributed by atoms with Crippen LogP contribution in [-0.4, -0.2) is 11.1 Å². The number of carboxylic acids is 1. The number of hydrogen-bond acceptors (Lipinski definition) is 2. The molecule has 3 nitrogen and oxygen atoms in total. The molecule has 0 bridgehead atoms. The molecular weight excluding hydrogens is 190 g/mol. The summed E-state index contributed by atoms with van der Waals surface area (Å²) in [4.78, 5) is 10.5. The van der Waals surface area contributed by atoms with Gasteiger partial charge in [0.15, 0.2) is 0 Å². The standard InChI is InChI=1S/C9H10ClNO2/c1-5-2-3-6(4-7(5)10)8(11)9(12)13/h2-4,8H,11H2,1H3,(H,12,13). The van der Waals surface area contributed by atoms with Crippen molar-refractivity contribution in [2.75, 3.05) is 0 Å². The van der Waals surface area contributed by atoms with Gasteiger partial charge in [-0.1, -0.05) is 23.7 Å². The summed E-state index contributed by atoms with van der Waals surface area (Å²) in [6.07, 6.45) is 0. The van der Waals surface area contributed by atoms with Gasteiger partial charge >= 0.3 is 5.97 Å². The highest BCUT2D eigenvalue weighted by Crippen LogP contribution is 2.20. The fourth-order valence-corrected chi connectivity index (χ4v) is 1.13. The molecule has 0 saturated heterocycles. The Kier molecular flexibility index (Phi) is 2.90. The third-order valence-corrected chi connectivity index (χ3v) is 2.23. The van der Waals surface area contributed by atoms with Gasteiger partial charge in [0.25, 0.3) is 0 Å². The molecule has 1 rings (SSSR count). The number of nitrogens with two attached hydrogens (primary N) is 1. The van der Waals surface area contributed by atoms with Gasteiger partial charge in [0.2, 0.25) is 0 Å². The van der Waals surface area contributed by atoms with Gasteiger partial charge in [-0.25, -0.2) is 0 Å². The van der Waals surface area contributed by atoms with Gasteiger partial charge in [-0.2, -0.15) is 0 Å². The van der Waals surface area contributed by atoms with E-state index < -0.39 is 12.0 Å². The molecule has 0 aliphatic rings. The second-order valence-corrected chi connectivity index (χ2v) is 3.23. The molecule has 0 aromatic heterocycles. The topological polar surface area (TPSA) is 63.3 Å². The summed E-state index contributed by atoms with van der Waals surface area (Å²) in [7, 11) is 0. The van der Waals surface area contributed by atoms with Crippen LogP contribution in [0.2, 0.25) is 5.02 Å². The Morgan fingerprint density at radius 1 is 1.62 bits per heavy atom. The Morgan fingerprint density at radius 3 is 2.69 bits per heavy atom. The molecule has 70 valence electrons. The van der Waals surface area contributed by atoms with Crippen molar-refractivity contribution in [3.05, 3.63) is 34.3 Å². The number of aryl methyl sites for hydroxylation is 1. The summed E-state index contributed by atoms with van der Waals surface area (Å²) >= 11 is 5.81. The first-order chi connectivity index (χ1) is 6.02. The van der Waals surface area contributed by atoms with Crippen molar-refractivity contribution in [2.24, 2.45) is 5.73 Å². The predicted molar refractivity (Wildman–Crippen MR) is 50.8 cm³/mol. The van der Waals surface area contributed by atoms with E-state index in [1.165, 1.54) is 0 Å². The summed E-state index contributed by atoms with van der Waals surface area (Å²) < 4.78 is 0. The maximum Gasteiger partial charge on any atom is 0.325 e. The van der Waals surface area contributed by atoms with Crippen LogP contribution >= 0.6 is 11.6 Å². The van der Waals surface area contributed by atoms with Gasteiger partial charge in [-0.05, 0) is 24.1 Å². The van der Waals surface area contributed by atoms with Crippen molar-refractivity contribution in [2.45, 2.75) is 13.0 Å². The van der Waals surface area contributed by atoms with Crippen LogP contribution in [0.1, 0.15) is 17.2 Å². The van der Waals surface area contributed by atoms with Gasteiger partial charge in [-0.3, -0.25) is 4.79 Å². The van der Waals surface area contributed by atoms with E-state index in [9.17, 15) is 4.79 Å². The van der Waals surface area contributed by atoms with Gasteiger partial charge in [0.05, 0.1) is 0 Å². The Labute approximate surface area is 81.1 Å². The Bertz CT molecular complexity index is 338. The van der Waals surface area contributed by atoms with Crippen LogP contribution in [0.3, 0.4) is 0 Å². The Morgan fingerprint density at radius 2 is 2.23 bits per heavy atom. The van der Waals surface area contributed by atoms with Gasteiger partial charge < -0.3 is 10.8 Å². The van der Waals surface area contributed by atoms with Gasteiger partial charge in [0, 0.05) is 5.02 Å². The van der Waals surface area contributed by atoms with Crippen molar-refractivity contribution >= 4 is 17.6 Å². The van der Waals surface area contributed by atoms with Crippen molar-refractivity contribution in [3.63, 3.8) is 0 Å². The lowest BCUT2D eigenvalue weighted by Gasteiger charge is -2.07. The highest BCUT2D eigenvalue weighted by atomic mass is 35.5. The summed E-state index contributed by atoms with van der Waals surface area (Å²) in [5.41, 5.74) is 6.82. The first kappa shape index (κ1) is 10.0. The van der Waals surface area contributed by atoms with E-state index in [1.54, 1.807) is 18.2 Å². The van der Waals surface area contributed by atoms with E-state index >= 15 is 0 Å². The molecule has 0 radical (unpaired) electrons. The first-order valence-electron chi connectivity index (χ1n) is 3.77. The van der Waals surface area contributed by atoms with Crippen LogP contribution in [0.4, 0.5) is 0 Å². The molecule has 0 aliphatic heterocycles. The lowest BCUT2D eigenvalue weighted by Crippen LogP contribution is -2.20. The largest absolute Gasteiger partial charge is 0.480 e. The van der Waals surface area contributed by atoms with Gasteiger partial charge in [-0.15, -0.1) is 0 Å². The third-order valence-electron chi connectivity index (χ3n) is 1.82. The zero-order valence-electron chi connectivity index (χ0n) is 7.12. The molecule has 0 fully saturated rings. The number of benzene rings is 1. The molecule has 3 N–H and O–H groups in total. The quantitative estimate of drug-likeness (QED) is 0.763. The predicted octanol–water partition coefficient (Wildman–Crippen LogP) is 1.73. The fourth-order valence-electron chi connectivity index (χ4n) is 0.945. The number of hydrogen-bond donors (Lipinski definition) is 2. The molecule has 0 aliphatic carbocycles. The van der Waals surface area contributed by atoms with Crippen LogP contribution in [0.25, 0.3) is 0 Å². The molecule has 1 aromatic carbocycles. The van der Waals surface area contributed by atoms with E-state index in [0.717, 1.165) is 5.56 Å². The number of halogens is 1. The molecule has 1 unspecified atom stereocenters. The summed E-state index contributed by atoms with van der Waals surface area (Å²) in [6.45, 7) is 1.85. The molecule has 0 spiro atoms. The average Bonchev–Trinajstić information content (AvgIpc) is 2.08. The minimum atomic E-state index is -1.06. The highest BCUT2D eigenvalue weighted by Gasteiger charge is 2.14. The smallest absolute Gasteiger partial charge is 0.325 e. The average molecular weight is 200 g/mol. The second-order valence-electron chi connectivity index (χ2n) is 2.82. The zero-order valence-corrected chi connectivity index (χ0v) is 7.88. The fraction of sp³-hybridized carbons (Fsp3) is 0.222. The minimum Gasteiger partial charge on any atom is -0.480 e. The lowest BCUT2D eigenvalue weighted by molar-refractivity contribution is -0.138. The summed E-state index contributed by atoms with van der Waals surface area (Å²) in [6, 6.07) is 3.99. The maximum absolute atomic E-state index is 10.5. The van der Waals surface area contributed by atoms with E-state index in [4.69, 9.17) is 22.4 Å². The second kappa shape index (κ2) is 3.77. The van der Waals surface area contributed by atoms with Crippen LogP contribution in [0.15, 0.2) is 18.2 Å². The van der Waals surface area contributed by atoms with Crippen LogP contribution in [-0.2, 0) is 4.79 Å². The number of carbonyl (C=O) groups is 1. The zero-order chi connectivity index (χ0) is 10.0. The highest BCUT2D eigenvalue weighted by molar-refractivity contribution is 6.31. The van der Waals surface area contributed by atoms with Gasteiger partial charge in [0.1, 0.15) is 6.04 Å². The van der Waals surface area contributed by atoms with Crippen molar-refractivity contribution in [3.8, 4) is 0 Å². The van der Waals surface area contributed by atoms with E-state index in [2.05, 4.69) is 0 Å². The van der Waals surface area contributed by atoms with Crippen LogP contribution in [0.5, 0.6) is 0 Å². The molecule has 0 saturated carbocycles. The van der Waals surface area contributed by atoms with Crippen LogP contribution < -0.4 is 5.73 Å².